The molecular weight excluding hydrogens is 400 g/mol. The van der Waals surface area contributed by atoms with Gasteiger partial charge < -0.3 is 9.52 Å². The van der Waals surface area contributed by atoms with E-state index in [1.807, 2.05) is 0 Å². The first-order valence-corrected chi connectivity index (χ1v) is 8.51. The average Bonchev–Trinajstić information content (AvgIpc) is 2.35. The topological polar surface area (TPSA) is 76.8 Å². The fourth-order valence-electron chi connectivity index (χ4n) is 1.55. The van der Waals surface area contributed by atoms with Crippen LogP contribution in [0.5, 0.6) is 0 Å². The lowest BCUT2D eigenvalue weighted by Gasteiger charge is -2.21. The van der Waals surface area contributed by atoms with Crippen molar-refractivity contribution in [3.63, 3.8) is 0 Å². The van der Waals surface area contributed by atoms with Crippen LogP contribution in [0.3, 0.4) is 0 Å². The van der Waals surface area contributed by atoms with E-state index in [9.17, 15) is 40.1 Å². The van der Waals surface area contributed by atoms with E-state index in [1.165, 1.54) is 19.0 Å². The first-order chi connectivity index (χ1) is 11.6. The van der Waals surface area contributed by atoms with Crippen molar-refractivity contribution in [3.8, 4) is 0 Å². The van der Waals surface area contributed by atoms with Crippen LogP contribution < -0.4 is 10.3 Å². The standard InChI is InChI=1S/C11H12F7N4O3P/c1-21(2)6-19-8-7(12)3-22(9(23)20-8)25-26(24,4-10(13,14)15)5-11(16,17)18/h3,6H,4-5H2,1-2H3. The first kappa shape index (κ1) is 21.9. The second-order valence-electron chi connectivity index (χ2n) is 5.17. The summed E-state index contributed by atoms with van der Waals surface area (Å²) in [5.41, 5.74) is -1.60. The molecule has 0 unspecified atom stereocenters. The first-order valence-electron chi connectivity index (χ1n) is 6.52. The predicted molar refractivity (Wildman–Crippen MR) is 76.3 cm³/mol. The van der Waals surface area contributed by atoms with Gasteiger partial charge >= 0.3 is 18.0 Å². The second-order valence-corrected chi connectivity index (χ2v) is 7.60. The molecule has 0 spiro atoms. The third kappa shape index (κ3) is 7.42. The third-order valence-electron chi connectivity index (χ3n) is 2.32. The van der Waals surface area contributed by atoms with Gasteiger partial charge in [-0.2, -0.15) is 31.3 Å². The molecule has 1 aromatic heterocycles. The number of halogens is 7. The molecule has 0 bridgehead atoms. The van der Waals surface area contributed by atoms with Gasteiger partial charge in [-0.05, 0) is 0 Å². The molecule has 1 rings (SSSR count). The van der Waals surface area contributed by atoms with Crippen LogP contribution in [0, 0.1) is 5.82 Å². The Morgan fingerprint density at radius 1 is 1.23 bits per heavy atom. The molecular formula is C11H12F7N4O3P. The highest BCUT2D eigenvalue weighted by Gasteiger charge is 2.48. The maximum atomic E-state index is 13.8. The van der Waals surface area contributed by atoms with Crippen LogP contribution in [0.25, 0.3) is 0 Å². The molecule has 0 amide bonds. The van der Waals surface area contributed by atoms with Crippen molar-refractivity contribution < 1.29 is 39.9 Å². The summed E-state index contributed by atoms with van der Waals surface area (Å²) in [6, 6.07) is 0. The molecule has 0 radical (unpaired) electrons. The Hall–Kier alpha value is -2.11. The molecule has 0 atom stereocenters. The van der Waals surface area contributed by atoms with Crippen LogP contribution >= 0.6 is 7.37 Å². The van der Waals surface area contributed by atoms with E-state index in [-0.39, 0.29) is 10.9 Å². The summed E-state index contributed by atoms with van der Waals surface area (Å²) in [7, 11) is -2.52. The molecule has 15 heteroatoms. The molecule has 1 aromatic rings. The van der Waals surface area contributed by atoms with Gasteiger partial charge in [0.15, 0.2) is 11.6 Å². The van der Waals surface area contributed by atoms with E-state index in [1.54, 1.807) is 0 Å². The largest absolute Gasteiger partial charge is 0.399 e. The summed E-state index contributed by atoms with van der Waals surface area (Å²) in [6.07, 6.45) is -14.4. The van der Waals surface area contributed by atoms with E-state index in [0.29, 0.717) is 0 Å². The van der Waals surface area contributed by atoms with Gasteiger partial charge in [0.05, 0.1) is 12.5 Å². The minimum Gasteiger partial charge on any atom is -0.369 e. The highest BCUT2D eigenvalue weighted by atomic mass is 31.2. The number of hydrogen-bond acceptors (Lipinski definition) is 5. The molecule has 0 N–H and O–H groups in total. The maximum Gasteiger partial charge on any atom is 0.399 e. The summed E-state index contributed by atoms with van der Waals surface area (Å²) in [5, 5.41) is 0. The summed E-state index contributed by atoms with van der Waals surface area (Å²) >= 11 is 0. The molecule has 0 saturated heterocycles. The van der Waals surface area contributed by atoms with Gasteiger partial charge in [0.25, 0.3) is 7.37 Å². The number of rotatable bonds is 6. The van der Waals surface area contributed by atoms with Gasteiger partial charge in [-0.25, -0.2) is 14.2 Å². The lowest BCUT2D eigenvalue weighted by Crippen LogP contribution is -2.33. The molecule has 0 aliphatic rings. The Morgan fingerprint density at radius 3 is 2.15 bits per heavy atom. The van der Waals surface area contributed by atoms with Gasteiger partial charge in [0.2, 0.25) is 0 Å². The van der Waals surface area contributed by atoms with E-state index in [2.05, 4.69) is 14.6 Å². The predicted octanol–water partition coefficient (Wildman–Crippen LogP) is 2.44. The van der Waals surface area contributed by atoms with Crippen molar-refractivity contribution >= 4 is 19.5 Å². The summed E-state index contributed by atoms with van der Waals surface area (Å²) in [5.74, 6) is -2.18. The summed E-state index contributed by atoms with van der Waals surface area (Å²) < 4.78 is 104. The summed E-state index contributed by atoms with van der Waals surface area (Å²) in [4.78, 5) is 19.4. The van der Waals surface area contributed by atoms with Crippen molar-refractivity contribution in [2.24, 2.45) is 4.99 Å². The van der Waals surface area contributed by atoms with Crippen molar-refractivity contribution in [1.29, 1.82) is 0 Å². The van der Waals surface area contributed by atoms with Gasteiger partial charge in [0, 0.05) is 14.1 Å². The molecule has 0 aromatic carbocycles. The van der Waals surface area contributed by atoms with Gasteiger partial charge in [-0.1, -0.05) is 0 Å². The Balaban J connectivity index is 3.25. The number of hydrogen-bond donors (Lipinski definition) is 0. The van der Waals surface area contributed by atoms with E-state index in [4.69, 9.17) is 0 Å². The second kappa shape index (κ2) is 7.64. The lowest BCUT2D eigenvalue weighted by molar-refractivity contribution is -0.115. The third-order valence-corrected chi connectivity index (χ3v) is 4.48. The zero-order valence-corrected chi connectivity index (χ0v) is 14.1. The van der Waals surface area contributed by atoms with E-state index < -0.39 is 49.4 Å². The molecule has 148 valence electrons. The van der Waals surface area contributed by atoms with Crippen molar-refractivity contribution in [3.05, 3.63) is 22.5 Å². The van der Waals surface area contributed by atoms with Crippen LogP contribution in [0.15, 0.2) is 16.0 Å². The van der Waals surface area contributed by atoms with Crippen LogP contribution in [-0.4, -0.2) is 59.7 Å². The fourth-order valence-corrected chi connectivity index (χ4v) is 3.31. The highest BCUT2D eigenvalue weighted by Crippen LogP contribution is 2.51. The van der Waals surface area contributed by atoms with Gasteiger partial charge in [0.1, 0.15) is 12.3 Å². The Kier molecular flexibility index (Phi) is 6.44. The Bertz CT molecular complexity index is 753. The molecule has 1 heterocycles. The normalized spacial score (nSPS) is 13.3. The van der Waals surface area contributed by atoms with Gasteiger partial charge in [-0.15, -0.1) is 4.73 Å². The number of aromatic nitrogens is 2. The number of aliphatic imine (C=N–C) groups is 1. The van der Waals surface area contributed by atoms with E-state index in [0.717, 1.165) is 6.34 Å². The minimum absolute atomic E-state index is 0.108. The summed E-state index contributed by atoms with van der Waals surface area (Å²) in [6.45, 7) is 0. The van der Waals surface area contributed by atoms with Crippen LogP contribution in [0.4, 0.5) is 36.6 Å². The van der Waals surface area contributed by atoms with E-state index >= 15 is 0 Å². The number of nitrogens with zero attached hydrogens (tertiary/aromatic N) is 4. The molecule has 26 heavy (non-hydrogen) atoms. The quantitative estimate of drug-likeness (QED) is 0.311. The molecule has 0 aliphatic carbocycles. The lowest BCUT2D eigenvalue weighted by atomic mass is 10.5. The monoisotopic (exact) mass is 412 g/mol. The highest BCUT2D eigenvalue weighted by molar-refractivity contribution is 7.59. The molecule has 7 nitrogen and oxygen atoms in total. The van der Waals surface area contributed by atoms with Crippen LogP contribution in [0.1, 0.15) is 0 Å². The Labute approximate surface area is 141 Å². The fraction of sp³-hybridized carbons (Fsp3) is 0.545. The molecule has 0 saturated carbocycles. The zero-order chi connectivity index (χ0) is 20.3. The molecule has 0 aliphatic heterocycles. The minimum atomic E-state index is -5.52. The van der Waals surface area contributed by atoms with Crippen LogP contribution in [0.2, 0.25) is 0 Å². The smallest absolute Gasteiger partial charge is 0.369 e. The van der Waals surface area contributed by atoms with Crippen molar-refractivity contribution in [1.82, 2.24) is 14.6 Å². The maximum absolute atomic E-state index is 13.8. The average molecular weight is 412 g/mol. The van der Waals surface area contributed by atoms with Crippen molar-refractivity contribution in [2.75, 3.05) is 26.4 Å². The van der Waals surface area contributed by atoms with Crippen LogP contribution in [-0.2, 0) is 4.57 Å². The van der Waals surface area contributed by atoms with Crippen molar-refractivity contribution in [2.45, 2.75) is 12.4 Å². The number of alkyl halides is 6. The van der Waals surface area contributed by atoms with Gasteiger partial charge in [-0.3, -0.25) is 4.57 Å². The SMILES string of the molecule is CN(C)C=Nc1nc(=O)n(OP(=O)(CC(F)(F)F)CC(F)(F)F)cc1F. The Morgan fingerprint density at radius 2 is 1.73 bits per heavy atom. The molecule has 0 fully saturated rings. The zero-order valence-electron chi connectivity index (χ0n) is 13.2.